The zero-order chi connectivity index (χ0) is 22.7. The van der Waals surface area contributed by atoms with Crippen molar-refractivity contribution in [2.24, 2.45) is 28.6 Å². The van der Waals surface area contributed by atoms with Gasteiger partial charge in [-0.25, -0.2) is 0 Å². The van der Waals surface area contributed by atoms with Crippen LogP contribution in [-0.2, 0) is 4.79 Å². The van der Waals surface area contributed by atoms with Crippen LogP contribution in [0.25, 0.3) is 0 Å². The molecule has 1 saturated heterocycles. The second-order valence-corrected chi connectivity index (χ2v) is 11.9. The number of nitrogens with zero attached hydrogens (tertiary/aromatic N) is 2. The second-order valence-electron chi connectivity index (χ2n) is 11.9. The first kappa shape index (κ1) is 23.3. The van der Waals surface area contributed by atoms with E-state index in [0.717, 1.165) is 69.3 Å². The third-order valence-electron chi connectivity index (χ3n) is 11.2. The number of likely N-dealkylation sites (tertiary alicyclic amines) is 1. The molecule has 4 aliphatic rings. The topological polar surface area (TPSA) is 40.5 Å². The summed E-state index contributed by atoms with van der Waals surface area (Å²) in [6, 6.07) is 0. The van der Waals surface area contributed by atoms with Crippen LogP contribution >= 0.6 is 0 Å². The Labute approximate surface area is 190 Å². The number of rotatable bonds is 6. The fourth-order valence-electron chi connectivity index (χ4n) is 8.39. The molecule has 0 unspecified atom stereocenters. The summed E-state index contributed by atoms with van der Waals surface area (Å²) in [5, 5.41) is 11.2. The molecule has 2 saturated carbocycles. The normalized spacial score (nSPS) is 42.7. The van der Waals surface area contributed by atoms with Crippen LogP contribution in [0.3, 0.4) is 0 Å². The smallest absolute Gasteiger partial charge is 0.226 e. The van der Waals surface area contributed by atoms with Gasteiger partial charge in [0, 0.05) is 17.5 Å². The van der Waals surface area contributed by atoms with Crippen LogP contribution in [0.15, 0.2) is 11.8 Å². The van der Waals surface area contributed by atoms with Gasteiger partial charge in [0.1, 0.15) is 0 Å². The minimum Gasteiger partial charge on any atom is -0.390 e. The molecule has 6 atom stereocenters. The molecular weight excluding hydrogens is 384 g/mol. The summed E-state index contributed by atoms with van der Waals surface area (Å²) in [5.74, 6) is 2.27. The third kappa shape index (κ3) is 3.34. The number of hydrogen-bond donors (Lipinski definition) is 1. The van der Waals surface area contributed by atoms with Gasteiger partial charge in [0.2, 0.25) is 5.91 Å². The zero-order valence-electron chi connectivity index (χ0n) is 21.0. The predicted octanol–water partition coefficient (Wildman–Crippen LogP) is 4.97. The molecule has 4 nitrogen and oxygen atoms in total. The molecule has 1 aliphatic heterocycles. The maximum Gasteiger partial charge on any atom is 0.226 e. The molecule has 3 aliphatic carbocycles. The van der Waals surface area contributed by atoms with Gasteiger partial charge >= 0.3 is 0 Å². The van der Waals surface area contributed by atoms with Crippen LogP contribution in [-0.4, -0.2) is 58.7 Å². The summed E-state index contributed by atoms with van der Waals surface area (Å²) in [6.07, 6.45) is 9.68. The van der Waals surface area contributed by atoms with Crippen LogP contribution < -0.4 is 0 Å². The second kappa shape index (κ2) is 7.87. The number of allylic oxidation sites excluding steroid dienone is 2. The summed E-state index contributed by atoms with van der Waals surface area (Å²) in [7, 11) is 0. The first-order valence-corrected chi connectivity index (χ1v) is 13.2. The third-order valence-corrected chi connectivity index (χ3v) is 11.2. The van der Waals surface area contributed by atoms with E-state index in [2.05, 4.69) is 52.5 Å². The van der Waals surface area contributed by atoms with E-state index in [9.17, 15) is 9.90 Å². The summed E-state index contributed by atoms with van der Waals surface area (Å²) in [5.41, 5.74) is 0.997. The number of aliphatic hydroxyl groups is 1. The van der Waals surface area contributed by atoms with E-state index >= 15 is 0 Å². The van der Waals surface area contributed by atoms with E-state index in [1.807, 2.05) is 0 Å². The molecule has 0 radical (unpaired) electrons. The van der Waals surface area contributed by atoms with Crippen LogP contribution in [0.2, 0.25) is 0 Å². The molecule has 0 aromatic rings. The van der Waals surface area contributed by atoms with E-state index in [0.29, 0.717) is 30.1 Å². The van der Waals surface area contributed by atoms with Gasteiger partial charge in [-0.2, -0.15) is 0 Å². The molecule has 0 aromatic heterocycles. The van der Waals surface area contributed by atoms with E-state index in [4.69, 9.17) is 0 Å². The number of likely N-dealkylation sites (N-methyl/N-ethyl adjacent to an activating group) is 1. The molecule has 4 heteroatoms. The van der Waals surface area contributed by atoms with E-state index in [1.54, 1.807) is 0 Å². The number of fused-ring (bicyclic) bond motifs is 5. The van der Waals surface area contributed by atoms with Gasteiger partial charge in [0.25, 0.3) is 0 Å². The Kier molecular flexibility index (Phi) is 5.91. The maximum atomic E-state index is 13.1. The fraction of sp³-hybridized carbons (Fsp3) is 0.889. The van der Waals surface area contributed by atoms with Crippen molar-refractivity contribution >= 4 is 5.91 Å². The lowest BCUT2D eigenvalue weighted by atomic mass is 9.48. The van der Waals surface area contributed by atoms with Crippen molar-refractivity contribution in [1.29, 1.82) is 0 Å². The van der Waals surface area contributed by atoms with Crippen LogP contribution in [0.1, 0.15) is 86.5 Å². The number of hydrogen-bond acceptors (Lipinski definition) is 2. The van der Waals surface area contributed by atoms with Crippen molar-refractivity contribution in [2.45, 2.75) is 92.1 Å². The minimum atomic E-state index is -0.524. The summed E-state index contributed by atoms with van der Waals surface area (Å²) in [6.45, 7) is 19.1. The molecule has 1 heterocycles. The highest BCUT2D eigenvalue weighted by Crippen LogP contribution is 2.66. The average Bonchev–Trinajstić information content (AvgIpc) is 3.00. The largest absolute Gasteiger partial charge is 0.390 e. The summed E-state index contributed by atoms with van der Waals surface area (Å²) in [4.78, 5) is 15.3. The number of carbonyl (C=O) groups is 1. The molecule has 0 bridgehead atoms. The van der Waals surface area contributed by atoms with Gasteiger partial charge < -0.3 is 14.5 Å². The SMILES string of the molecule is CC[N+](CC)(CC)CCN1C(=O)CC[C@@]2(C)C1=CC[C@@H]1[C@H]3CC[C@@](C)(O)[C@]3(C)CC[C@@H]12. The van der Waals surface area contributed by atoms with Crippen molar-refractivity contribution in [3.63, 3.8) is 0 Å². The Hall–Kier alpha value is -0.870. The van der Waals surface area contributed by atoms with Gasteiger partial charge in [0.15, 0.2) is 0 Å². The van der Waals surface area contributed by atoms with Gasteiger partial charge in [-0.3, -0.25) is 4.79 Å². The Morgan fingerprint density at radius 3 is 2.32 bits per heavy atom. The highest BCUT2D eigenvalue weighted by atomic mass is 16.3. The van der Waals surface area contributed by atoms with Crippen molar-refractivity contribution in [3.8, 4) is 0 Å². The lowest BCUT2D eigenvalue weighted by Crippen LogP contribution is -2.58. The molecule has 31 heavy (non-hydrogen) atoms. The van der Waals surface area contributed by atoms with Gasteiger partial charge in [0.05, 0.1) is 38.3 Å². The first-order valence-electron chi connectivity index (χ1n) is 13.2. The molecule has 4 rings (SSSR count). The van der Waals surface area contributed by atoms with Crippen molar-refractivity contribution < 1.29 is 14.4 Å². The monoisotopic (exact) mass is 431 g/mol. The average molecular weight is 432 g/mol. The number of carbonyl (C=O) groups excluding carboxylic acids is 1. The Bertz CT molecular complexity index is 731. The standard InChI is InChI=1S/C27H47N2O2/c1-7-29(8-2,9-3)19-18-28-23-11-10-20-21(25(23,4)15-14-24(28)30)12-16-26(5)22(20)13-17-27(26,6)31/h11,20-22,31H,7-10,12-19H2,1-6H3/q+1/t20-,21-,22+,25+,26+,27+/m0/s1. The van der Waals surface area contributed by atoms with Gasteiger partial charge in [-0.15, -0.1) is 0 Å². The maximum absolute atomic E-state index is 13.1. The molecule has 3 fully saturated rings. The molecule has 0 spiro atoms. The molecule has 176 valence electrons. The van der Waals surface area contributed by atoms with Crippen LogP contribution in [0, 0.1) is 28.6 Å². The molecular formula is C27H47N2O2+. The van der Waals surface area contributed by atoms with Crippen molar-refractivity contribution in [3.05, 3.63) is 11.8 Å². The van der Waals surface area contributed by atoms with E-state index < -0.39 is 5.60 Å². The lowest BCUT2D eigenvalue weighted by Gasteiger charge is -2.59. The Morgan fingerprint density at radius 1 is 1.03 bits per heavy atom. The number of piperidine rings is 1. The van der Waals surface area contributed by atoms with Gasteiger partial charge in [-0.05, 0) is 89.4 Å². The quantitative estimate of drug-likeness (QED) is 0.603. The first-order chi connectivity index (χ1) is 14.6. The van der Waals surface area contributed by atoms with Gasteiger partial charge in [-0.1, -0.05) is 19.9 Å². The van der Waals surface area contributed by atoms with Crippen molar-refractivity contribution in [1.82, 2.24) is 4.90 Å². The summed E-state index contributed by atoms with van der Waals surface area (Å²) >= 11 is 0. The minimum absolute atomic E-state index is 0.0561. The lowest BCUT2D eigenvalue weighted by molar-refractivity contribution is -0.922. The van der Waals surface area contributed by atoms with E-state index in [-0.39, 0.29) is 10.8 Å². The van der Waals surface area contributed by atoms with Crippen molar-refractivity contribution in [2.75, 3.05) is 32.7 Å². The Balaban J connectivity index is 1.61. The molecule has 1 N–H and O–H groups in total. The Morgan fingerprint density at radius 2 is 1.68 bits per heavy atom. The van der Waals surface area contributed by atoms with Crippen LogP contribution in [0.5, 0.6) is 0 Å². The van der Waals surface area contributed by atoms with E-state index in [1.165, 1.54) is 12.1 Å². The van der Waals surface area contributed by atoms with Crippen LogP contribution in [0.4, 0.5) is 0 Å². The fourth-order valence-corrected chi connectivity index (χ4v) is 8.39. The predicted molar refractivity (Wildman–Crippen MR) is 126 cm³/mol. The number of amides is 1. The zero-order valence-corrected chi connectivity index (χ0v) is 21.0. The summed E-state index contributed by atoms with van der Waals surface area (Å²) < 4.78 is 1.09. The number of quaternary nitrogens is 1. The highest BCUT2D eigenvalue weighted by molar-refractivity contribution is 5.80. The molecule has 0 aromatic carbocycles. The molecule has 1 amide bonds. The highest BCUT2D eigenvalue weighted by Gasteiger charge is 2.62.